The molecule has 1 N–H and O–H groups in total. The number of para-hydroxylation sites is 1. The molecule has 8 heteroatoms. The normalized spacial score (nSPS) is 18.0. The molecule has 1 aliphatic rings. The van der Waals surface area contributed by atoms with Gasteiger partial charge in [-0.25, -0.2) is 8.42 Å². The summed E-state index contributed by atoms with van der Waals surface area (Å²) >= 11 is 0. The third-order valence-electron chi connectivity index (χ3n) is 2.95. The van der Waals surface area contributed by atoms with Crippen LogP contribution in [-0.4, -0.2) is 38.6 Å². The molecule has 1 aromatic carbocycles. The van der Waals surface area contributed by atoms with E-state index in [-0.39, 0.29) is 5.69 Å². The Bertz CT molecular complexity index is 654. The molecular weight excluding hydrogens is 319 g/mol. The molecular formula is C14H18F3NO3S. The van der Waals surface area contributed by atoms with Gasteiger partial charge in [0.25, 0.3) is 0 Å². The zero-order chi connectivity index (χ0) is 17.1. The summed E-state index contributed by atoms with van der Waals surface area (Å²) in [6, 6.07) is 3.47. The number of fused-ring (bicyclic) bond motifs is 1. The molecule has 0 saturated carbocycles. The Labute approximate surface area is 127 Å². The Morgan fingerprint density at radius 1 is 1.23 bits per heavy atom. The topological polar surface area (TPSA) is 57.6 Å². The van der Waals surface area contributed by atoms with E-state index in [0.717, 1.165) is 0 Å². The van der Waals surface area contributed by atoms with Gasteiger partial charge >= 0.3 is 6.18 Å². The lowest BCUT2D eigenvalue weighted by molar-refractivity contribution is -0.138. The highest BCUT2D eigenvalue weighted by Crippen LogP contribution is 2.41. The number of sulfonamides is 1. The Kier molecular flexibility index (Phi) is 5.64. The number of nitrogens with zero attached hydrogens (tertiary/aromatic N) is 1. The predicted octanol–water partition coefficient (Wildman–Crippen LogP) is 2.80. The van der Waals surface area contributed by atoms with Crippen LogP contribution in [0.5, 0.6) is 0 Å². The van der Waals surface area contributed by atoms with Crippen molar-refractivity contribution in [1.29, 1.82) is 0 Å². The standard InChI is InChI=1S/C12H12F3NO3S.C2H6/c1-20(18,19)16-10-5-3-2-4-8(10)6-9(7-17)11(16)12(13,14)15;1-2/h2-6,11,17H,7H2,1H3;1-2H3/t11-;/m0./s1. The van der Waals surface area contributed by atoms with Crippen molar-refractivity contribution in [3.8, 4) is 0 Å². The molecule has 22 heavy (non-hydrogen) atoms. The molecule has 1 atom stereocenters. The van der Waals surface area contributed by atoms with Crippen molar-refractivity contribution in [2.24, 2.45) is 0 Å². The minimum Gasteiger partial charge on any atom is -0.392 e. The van der Waals surface area contributed by atoms with Crippen molar-refractivity contribution in [2.75, 3.05) is 17.2 Å². The summed E-state index contributed by atoms with van der Waals surface area (Å²) in [7, 11) is -4.15. The highest BCUT2D eigenvalue weighted by molar-refractivity contribution is 7.92. The molecule has 1 aromatic rings. The van der Waals surface area contributed by atoms with Gasteiger partial charge in [0.1, 0.15) is 0 Å². The number of hydrogen-bond donors (Lipinski definition) is 1. The maximum atomic E-state index is 13.2. The molecule has 2 rings (SSSR count). The minimum atomic E-state index is -4.81. The molecule has 0 amide bonds. The number of hydrogen-bond acceptors (Lipinski definition) is 3. The van der Waals surface area contributed by atoms with Crippen molar-refractivity contribution in [3.63, 3.8) is 0 Å². The Hall–Kier alpha value is -1.54. The van der Waals surface area contributed by atoms with E-state index >= 15 is 0 Å². The maximum Gasteiger partial charge on any atom is 0.413 e. The van der Waals surface area contributed by atoms with Crippen LogP contribution in [0.2, 0.25) is 0 Å². The average molecular weight is 337 g/mol. The van der Waals surface area contributed by atoms with Crippen LogP contribution in [0.3, 0.4) is 0 Å². The van der Waals surface area contributed by atoms with E-state index in [1.54, 1.807) is 6.07 Å². The van der Waals surface area contributed by atoms with Crippen molar-refractivity contribution in [1.82, 2.24) is 0 Å². The smallest absolute Gasteiger partial charge is 0.392 e. The molecule has 0 saturated heterocycles. The fourth-order valence-corrected chi connectivity index (χ4v) is 3.39. The third kappa shape index (κ3) is 3.61. The molecule has 1 heterocycles. The number of aliphatic hydroxyl groups is 1. The number of aliphatic hydroxyl groups excluding tert-OH is 1. The predicted molar refractivity (Wildman–Crippen MR) is 80.0 cm³/mol. The van der Waals surface area contributed by atoms with Crippen LogP contribution in [0, 0.1) is 0 Å². The van der Waals surface area contributed by atoms with Gasteiger partial charge in [-0.15, -0.1) is 0 Å². The van der Waals surface area contributed by atoms with Crippen molar-refractivity contribution < 1.29 is 26.7 Å². The van der Waals surface area contributed by atoms with Gasteiger partial charge in [-0.1, -0.05) is 32.0 Å². The van der Waals surface area contributed by atoms with Crippen LogP contribution < -0.4 is 4.31 Å². The molecule has 0 spiro atoms. The summed E-state index contributed by atoms with van der Waals surface area (Å²) < 4.78 is 63.5. The molecule has 0 aliphatic carbocycles. The van der Waals surface area contributed by atoms with Gasteiger partial charge in [0.15, 0.2) is 6.04 Å². The largest absolute Gasteiger partial charge is 0.413 e. The second-order valence-electron chi connectivity index (χ2n) is 4.44. The zero-order valence-corrected chi connectivity index (χ0v) is 13.2. The second-order valence-corrected chi connectivity index (χ2v) is 6.30. The molecule has 4 nitrogen and oxygen atoms in total. The summed E-state index contributed by atoms with van der Waals surface area (Å²) in [5, 5.41) is 9.14. The lowest BCUT2D eigenvalue weighted by atomic mass is 9.97. The van der Waals surface area contributed by atoms with Crippen LogP contribution in [0.15, 0.2) is 29.8 Å². The number of anilines is 1. The van der Waals surface area contributed by atoms with Crippen molar-refractivity contribution in [2.45, 2.75) is 26.1 Å². The first-order valence-electron chi connectivity index (χ1n) is 6.62. The van der Waals surface area contributed by atoms with Crippen LogP contribution in [-0.2, 0) is 10.0 Å². The van der Waals surface area contributed by atoms with Crippen LogP contribution in [0.1, 0.15) is 19.4 Å². The average Bonchev–Trinajstić information content (AvgIpc) is 2.45. The molecule has 1 aliphatic heterocycles. The number of halogens is 3. The van der Waals surface area contributed by atoms with E-state index in [1.807, 2.05) is 13.8 Å². The van der Waals surface area contributed by atoms with E-state index in [4.69, 9.17) is 5.11 Å². The molecule has 0 fully saturated rings. The first-order valence-corrected chi connectivity index (χ1v) is 8.47. The molecule has 0 radical (unpaired) electrons. The highest BCUT2D eigenvalue weighted by Gasteiger charge is 2.50. The third-order valence-corrected chi connectivity index (χ3v) is 4.07. The minimum absolute atomic E-state index is 0.0467. The number of rotatable bonds is 2. The first kappa shape index (κ1) is 18.5. The van der Waals surface area contributed by atoms with Crippen molar-refractivity contribution >= 4 is 21.8 Å². The highest BCUT2D eigenvalue weighted by atomic mass is 32.2. The van der Waals surface area contributed by atoms with Crippen LogP contribution in [0.25, 0.3) is 6.08 Å². The molecule has 124 valence electrons. The quantitative estimate of drug-likeness (QED) is 0.903. The monoisotopic (exact) mass is 337 g/mol. The Balaban J connectivity index is 0.00000116. The van der Waals surface area contributed by atoms with Crippen LogP contribution in [0.4, 0.5) is 18.9 Å². The van der Waals surface area contributed by atoms with Gasteiger partial charge in [0, 0.05) is 0 Å². The summed E-state index contributed by atoms with van der Waals surface area (Å²) in [5.74, 6) is 0. The number of benzene rings is 1. The summed E-state index contributed by atoms with van der Waals surface area (Å²) in [4.78, 5) is 0. The summed E-state index contributed by atoms with van der Waals surface area (Å²) in [6.45, 7) is 3.13. The lowest BCUT2D eigenvalue weighted by Crippen LogP contribution is -2.52. The zero-order valence-electron chi connectivity index (χ0n) is 12.4. The number of alkyl halides is 3. The van der Waals surface area contributed by atoms with Gasteiger partial charge in [0.05, 0.1) is 18.6 Å². The van der Waals surface area contributed by atoms with Gasteiger partial charge in [-0.2, -0.15) is 13.2 Å². The second kappa shape index (κ2) is 6.70. The summed E-state index contributed by atoms with van der Waals surface area (Å²) in [5.41, 5.74) is -0.126. The first-order chi connectivity index (χ1) is 10.2. The fourth-order valence-electron chi connectivity index (χ4n) is 2.22. The Morgan fingerprint density at radius 3 is 2.23 bits per heavy atom. The molecule has 0 bridgehead atoms. The van der Waals surface area contributed by atoms with Crippen LogP contribution >= 0.6 is 0 Å². The SMILES string of the molecule is CC.CS(=O)(=O)N1c2ccccc2C=C(CO)[C@H]1C(F)(F)F. The Morgan fingerprint density at radius 2 is 1.77 bits per heavy atom. The molecule has 0 unspecified atom stereocenters. The fraction of sp³-hybridized carbons (Fsp3) is 0.429. The van der Waals surface area contributed by atoms with E-state index in [9.17, 15) is 21.6 Å². The lowest BCUT2D eigenvalue weighted by Gasteiger charge is -2.37. The van der Waals surface area contributed by atoms with Gasteiger partial charge in [0.2, 0.25) is 10.0 Å². The van der Waals surface area contributed by atoms with Gasteiger partial charge in [-0.05, 0) is 23.3 Å². The van der Waals surface area contributed by atoms with Gasteiger partial charge in [-0.3, -0.25) is 4.31 Å². The van der Waals surface area contributed by atoms with Crippen molar-refractivity contribution in [3.05, 3.63) is 35.4 Å². The summed E-state index contributed by atoms with van der Waals surface area (Å²) in [6.07, 6.45) is -2.93. The molecule has 0 aromatic heterocycles. The van der Waals surface area contributed by atoms with E-state index < -0.39 is 34.4 Å². The van der Waals surface area contributed by atoms with Gasteiger partial charge < -0.3 is 5.11 Å². The van der Waals surface area contributed by atoms with E-state index in [0.29, 0.717) is 16.1 Å². The maximum absolute atomic E-state index is 13.2. The van der Waals surface area contributed by atoms with E-state index in [1.165, 1.54) is 24.3 Å². The van der Waals surface area contributed by atoms with E-state index in [2.05, 4.69) is 0 Å².